The van der Waals surface area contributed by atoms with Crippen molar-refractivity contribution >= 4 is 23.4 Å². The Balaban J connectivity index is 1.60. The molecule has 1 aliphatic rings. The summed E-state index contributed by atoms with van der Waals surface area (Å²) in [5, 5.41) is 6.88. The lowest BCUT2D eigenvalue weighted by atomic mass is 10.0. The van der Waals surface area contributed by atoms with Gasteiger partial charge in [-0.3, -0.25) is 14.4 Å². The highest BCUT2D eigenvalue weighted by molar-refractivity contribution is 6.00. The average Bonchev–Trinajstić information content (AvgIpc) is 3.09. The van der Waals surface area contributed by atoms with Gasteiger partial charge in [-0.2, -0.15) is 5.10 Å². The van der Waals surface area contributed by atoms with Crippen LogP contribution >= 0.6 is 0 Å². The predicted octanol–water partition coefficient (Wildman–Crippen LogP) is 2.14. The van der Waals surface area contributed by atoms with E-state index in [0.29, 0.717) is 5.82 Å². The minimum atomic E-state index is -0.491. The van der Waals surface area contributed by atoms with Gasteiger partial charge in [-0.1, -0.05) is 18.2 Å². The zero-order chi connectivity index (χ0) is 20.8. The van der Waals surface area contributed by atoms with E-state index in [-0.39, 0.29) is 30.7 Å². The average molecular weight is 399 g/mol. The molecule has 1 aromatic carbocycles. The molecule has 1 unspecified atom stereocenters. The van der Waals surface area contributed by atoms with Crippen molar-refractivity contribution in [2.75, 3.05) is 43.5 Å². The van der Waals surface area contributed by atoms with E-state index in [2.05, 4.69) is 32.3 Å². The van der Waals surface area contributed by atoms with Gasteiger partial charge in [-0.15, -0.1) is 0 Å². The number of carbonyl (C=O) groups is 2. The molecule has 2 aromatic rings. The van der Waals surface area contributed by atoms with Gasteiger partial charge in [0.25, 0.3) is 0 Å². The number of hydrogen-bond acceptors (Lipinski definition) is 6. The lowest BCUT2D eigenvalue weighted by Crippen LogP contribution is -2.48. The van der Waals surface area contributed by atoms with Crippen molar-refractivity contribution in [1.29, 1.82) is 0 Å². The largest absolute Gasteiger partial charge is 0.462 e. The zero-order valence-electron chi connectivity index (χ0n) is 17.3. The molecule has 0 aliphatic carbocycles. The number of amides is 1. The Morgan fingerprint density at radius 1 is 1.31 bits per heavy atom. The topological polar surface area (TPSA) is 79.7 Å². The summed E-state index contributed by atoms with van der Waals surface area (Å²) in [6.07, 6.45) is 3.54. The molecule has 0 spiro atoms. The van der Waals surface area contributed by atoms with Crippen molar-refractivity contribution in [2.45, 2.75) is 25.8 Å². The molecule has 2 heterocycles. The van der Waals surface area contributed by atoms with E-state index in [4.69, 9.17) is 4.74 Å². The van der Waals surface area contributed by atoms with Crippen LogP contribution in [0.5, 0.6) is 0 Å². The normalized spacial score (nSPS) is 16.7. The van der Waals surface area contributed by atoms with Gasteiger partial charge in [0.15, 0.2) is 0 Å². The van der Waals surface area contributed by atoms with Gasteiger partial charge in [0.1, 0.15) is 11.4 Å². The Hall–Kier alpha value is -2.87. The number of rotatable bonds is 7. The monoisotopic (exact) mass is 399 g/mol. The first kappa shape index (κ1) is 20.9. The number of nitrogens with one attached hydrogen (secondary N) is 1. The molecule has 1 N–H and O–H groups in total. The van der Waals surface area contributed by atoms with E-state index in [0.717, 1.165) is 25.9 Å². The molecule has 0 radical (unpaired) electrons. The van der Waals surface area contributed by atoms with Crippen molar-refractivity contribution in [3.8, 4) is 0 Å². The van der Waals surface area contributed by atoms with Crippen molar-refractivity contribution in [1.82, 2.24) is 14.7 Å². The molecule has 1 aliphatic heterocycles. The number of para-hydroxylation sites is 1. The molecular weight excluding hydrogens is 370 g/mol. The molecule has 1 amide bonds. The van der Waals surface area contributed by atoms with Crippen LogP contribution in [0.3, 0.4) is 0 Å². The highest BCUT2D eigenvalue weighted by Crippen LogP contribution is 2.22. The number of benzene rings is 1. The van der Waals surface area contributed by atoms with E-state index < -0.39 is 5.97 Å². The fraction of sp³-hybridized carbons (Fsp3) is 0.476. The quantitative estimate of drug-likeness (QED) is 0.719. The fourth-order valence-electron chi connectivity index (χ4n) is 3.66. The summed E-state index contributed by atoms with van der Waals surface area (Å²) in [5.41, 5.74) is 1.47. The molecule has 1 saturated heterocycles. The predicted molar refractivity (Wildman–Crippen MR) is 112 cm³/mol. The fourth-order valence-corrected chi connectivity index (χ4v) is 3.66. The minimum absolute atomic E-state index is 0.182. The van der Waals surface area contributed by atoms with Crippen LogP contribution in [0.2, 0.25) is 0 Å². The first-order chi connectivity index (χ1) is 14.0. The Kier molecular flexibility index (Phi) is 6.87. The van der Waals surface area contributed by atoms with E-state index in [9.17, 15) is 9.59 Å². The third kappa shape index (κ3) is 5.14. The van der Waals surface area contributed by atoms with Crippen molar-refractivity contribution < 1.29 is 14.3 Å². The number of aromatic nitrogens is 2. The summed E-state index contributed by atoms with van der Waals surface area (Å²) in [6, 6.07) is 10.6. The maximum Gasteiger partial charge on any atom is 0.343 e. The third-order valence-electron chi connectivity index (χ3n) is 5.23. The highest BCUT2D eigenvalue weighted by Gasteiger charge is 2.25. The zero-order valence-corrected chi connectivity index (χ0v) is 17.3. The van der Waals surface area contributed by atoms with Crippen molar-refractivity contribution in [2.24, 2.45) is 7.05 Å². The maximum atomic E-state index is 12.6. The van der Waals surface area contributed by atoms with Crippen LogP contribution in [0.25, 0.3) is 0 Å². The summed E-state index contributed by atoms with van der Waals surface area (Å²) >= 11 is 0. The molecule has 29 heavy (non-hydrogen) atoms. The second-order valence-electron chi connectivity index (χ2n) is 7.29. The molecule has 1 aromatic heterocycles. The number of ether oxygens (including phenoxy) is 1. The van der Waals surface area contributed by atoms with Gasteiger partial charge >= 0.3 is 5.97 Å². The number of piperidine rings is 1. The van der Waals surface area contributed by atoms with Gasteiger partial charge in [-0.25, -0.2) is 4.79 Å². The summed E-state index contributed by atoms with van der Waals surface area (Å²) < 4.78 is 6.51. The molecular formula is C21H29N5O3. The van der Waals surface area contributed by atoms with E-state index >= 15 is 0 Å². The van der Waals surface area contributed by atoms with Crippen LogP contribution in [0, 0.1) is 0 Å². The number of anilines is 2. The van der Waals surface area contributed by atoms with E-state index in [1.165, 1.54) is 16.6 Å². The molecule has 3 rings (SSSR count). The van der Waals surface area contributed by atoms with Crippen LogP contribution in [0.15, 0.2) is 36.5 Å². The molecule has 8 heteroatoms. The number of esters is 1. The third-order valence-corrected chi connectivity index (χ3v) is 5.23. The number of aryl methyl sites for hydroxylation is 1. The maximum absolute atomic E-state index is 12.6. The molecule has 1 fully saturated rings. The molecule has 1 atom stereocenters. The van der Waals surface area contributed by atoms with E-state index in [1.807, 2.05) is 25.2 Å². The second kappa shape index (κ2) is 9.56. The lowest BCUT2D eigenvalue weighted by Gasteiger charge is -2.38. The number of carbonyl (C=O) groups excluding carboxylic acids is 2. The van der Waals surface area contributed by atoms with Crippen LogP contribution in [0.1, 0.15) is 30.1 Å². The van der Waals surface area contributed by atoms with Gasteiger partial charge in [0.05, 0.1) is 19.3 Å². The Morgan fingerprint density at radius 3 is 2.79 bits per heavy atom. The SMILES string of the molecule is CCOC(=O)c1cnn(C)c1NC(=O)CN(C)C1CCCN(c2ccccc2)C1. The molecule has 0 bridgehead atoms. The van der Waals surface area contributed by atoms with Crippen LogP contribution in [-0.2, 0) is 16.6 Å². The van der Waals surface area contributed by atoms with Crippen LogP contribution in [-0.4, -0.2) is 65.9 Å². The first-order valence-corrected chi connectivity index (χ1v) is 9.98. The molecule has 0 saturated carbocycles. The summed E-state index contributed by atoms with van der Waals surface area (Å²) in [6.45, 7) is 4.15. The minimum Gasteiger partial charge on any atom is -0.462 e. The van der Waals surface area contributed by atoms with Gasteiger partial charge in [0, 0.05) is 31.9 Å². The Morgan fingerprint density at radius 2 is 2.07 bits per heavy atom. The van der Waals surface area contributed by atoms with Crippen LogP contribution in [0.4, 0.5) is 11.5 Å². The second-order valence-corrected chi connectivity index (χ2v) is 7.29. The Bertz CT molecular complexity index is 836. The van der Waals surface area contributed by atoms with E-state index in [1.54, 1.807) is 14.0 Å². The van der Waals surface area contributed by atoms with Crippen LogP contribution < -0.4 is 10.2 Å². The van der Waals surface area contributed by atoms with Gasteiger partial charge < -0.3 is 15.0 Å². The number of hydrogen-bond donors (Lipinski definition) is 1. The molecule has 156 valence electrons. The highest BCUT2D eigenvalue weighted by atomic mass is 16.5. The standard InChI is InChI=1S/C21H29N5O3/c1-4-29-21(28)18-13-22-25(3)20(18)23-19(27)15-24(2)17-11-8-12-26(14-17)16-9-6-5-7-10-16/h5-7,9-10,13,17H,4,8,11-12,14-15H2,1-3H3,(H,23,27). The first-order valence-electron chi connectivity index (χ1n) is 9.98. The number of likely N-dealkylation sites (N-methyl/N-ethyl adjacent to an activating group) is 1. The smallest absolute Gasteiger partial charge is 0.343 e. The molecule has 8 nitrogen and oxygen atoms in total. The number of nitrogens with zero attached hydrogens (tertiary/aromatic N) is 4. The summed E-state index contributed by atoms with van der Waals surface area (Å²) in [5.74, 6) is -0.315. The lowest BCUT2D eigenvalue weighted by molar-refractivity contribution is -0.117. The Labute approximate surface area is 171 Å². The van der Waals surface area contributed by atoms with Gasteiger partial charge in [0.2, 0.25) is 5.91 Å². The van der Waals surface area contributed by atoms with Gasteiger partial charge in [-0.05, 0) is 38.9 Å². The summed E-state index contributed by atoms with van der Waals surface area (Å²) in [4.78, 5) is 29.1. The van der Waals surface area contributed by atoms with Crippen molar-refractivity contribution in [3.05, 3.63) is 42.1 Å². The van der Waals surface area contributed by atoms with Crippen molar-refractivity contribution in [3.63, 3.8) is 0 Å². The summed E-state index contributed by atoms with van der Waals surface area (Å²) in [7, 11) is 3.65.